The number of nitrogens with zero attached hydrogens (tertiary/aromatic N) is 1. The Morgan fingerprint density at radius 3 is 2.36 bits per heavy atom. The zero-order valence-electron chi connectivity index (χ0n) is 6.85. The maximum Gasteiger partial charge on any atom is 0.297 e. The first kappa shape index (κ1) is 12.4. The fourth-order valence-electron chi connectivity index (χ4n) is 0.881. The minimum Gasteiger partial charge on any atom is -0.379 e. The molecule has 1 aliphatic rings. The van der Waals surface area contributed by atoms with Crippen molar-refractivity contribution in [1.82, 2.24) is 0 Å². The second-order valence-electron chi connectivity index (χ2n) is 2.41. The third-order valence-electron chi connectivity index (χ3n) is 1.47. The molecule has 14 heavy (non-hydrogen) atoms. The normalized spacial score (nSPS) is 18.7. The Bertz CT molecular complexity index is 264. The maximum atomic E-state index is 10.7. The molecule has 0 aliphatic carbocycles. The SMILES string of the molecule is O=[N+]([O-])C(=C1SCCS1)C(O)C(Cl)Cl. The van der Waals surface area contributed by atoms with Crippen molar-refractivity contribution >= 4 is 46.7 Å². The van der Waals surface area contributed by atoms with E-state index in [1.54, 1.807) is 0 Å². The molecule has 4 nitrogen and oxygen atoms in total. The van der Waals surface area contributed by atoms with E-state index in [2.05, 4.69) is 0 Å². The average Bonchev–Trinajstić information content (AvgIpc) is 2.56. The summed E-state index contributed by atoms with van der Waals surface area (Å²) in [4.78, 5) is 8.88. The van der Waals surface area contributed by atoms with Gasteiger partial charge in [0.1, 0.15) is 9.07 Å². The number of halogens is 2. The molecule has 1 atom stereocenters. The van der Waals surface area contributed by atoms with Gasteiger partial charge in [0.05, 0.1) is 4.92 Å². The number of aliphatic hydroxyl groups excluding tert-OH is 1. The first-order chi connectivity index (χ1) is 6.54. The third kappa shape index (κ3) is 2.93. The molecule has 0 aromatic carbocycles. The monoisotopic (exact) mass is 275 g/mol. The number of rotatable bonds is 3. The molecule has 1 heterocycles. The summed E-state index contributed by atoms with van der Waals surface area (Å²) in [6.07, 6.45) is -1.43. The zero-order chi connectivity index (χ0) is 10.7. The topological polar surface area (TPSA) is 63.4 Å². The lowest BCUT2D eigenvalue weighted by Gasteiger charge is -2.09. The number of hydrogen-bond donors (Lipinski definition) is 1. The molecule has 1 fully saturated rings. The molecule has 0 spiro atoms. The number of aliphatic hydroxyl groups is 1. The Kier molecular flexibility index (Phi) is 4.86. The maximum absolute atomic E-state index is 10.7. The van der Waals surface area contributed by atoms with Crippen LogP contribution in [0.4, 0.5) is 0 Å². The van der Waals surface area contributed by atoms with Gasteiger partial charge in [-0.1, -0.05) is 0 Å². The zero-order valence-corrected chi connectivity index (χ0v) is 10.00. The number of thioether (sulfide) groups is 2. The van der Waals surface area contributed by atoms with E-state index < -0.39 is 15.9 Å². The number of alkyl halides is 2. The predicted molar refractivity (Wildman–Crippen MR) is 60.4 cm³/mol. The Hall–Kier alpha value is 0.380. The van der Waals surface area contributed by atoms with Crippen molar-refractivity contribution in [2.45, 2.75) is 10.9 Å². The molecule has 1 N–H and O–H groups in total. The van der Waals surface area contributed by atoms with Crippen molar-refractivity contribution in [3.05, 3.63) is 20.0 Å². The van der Waals surface area contributed by atoms with Crippen molar-refractivity contribution in [2.24, 2.45) is 0 Å². The van der Waals surface area contributed by atoms with Gasteiger partial charge in [-0.3, -0.25) is 10.1 Å². The molecule has 0 radical (unpaired) electrons. The highest BCUT2D eigenvalue weighted by molar-refractivity contribution is 8.25. The van der Waals surface area contributed by atoms with Gasteiger partial charge in [-0.25, -0.2) is 0 Å². The van der Waals surface area contributed by atoms with E-state index in [0.717, 1.165) is 11.5 Å². The van der Waals surface area contributed by atoms with Crippen LogP contribution in [0.25, 0.3) is 0 Å². The van der Waals surface area contributed by atoms with Crippen LogP contribution in [0.5, 0.6) is 0 Å². The molecule has 0 amide bonds. The van der Waals surface area contributed by atoms with Gasteiger partial charge in [-0.05, 0) is 0 Å². The van der Waals surface area contributed by atoms with Crippen molar-refractivity contribution in [2.75, 3.05) is 11.5 Å². The Morgan fingerprint density at radius 1 is 1.50 bits per heavy atom. The second kappa shape index (κ2) is 5.46. The highest BCUT2D eigenvalue weighted by Crippen LogP contribution is 2.40. The van der Waals surface area contributed by atoms with Gasteiger partial charge >= 0.3 is 0 Å². The smallest absolute Gasteiger partial charge is 0.297 e. The molecule has 0 saturated carbocycles. The van der Waals surface area contributed by atoms with E-state index in [1.807, 2.05) is 0 Å². The van der Waals surface area contributed by atoms with Crippen molar-refractivity contribution in [1.29, 1.82) is 0 Å². The molecule has 1 rings (SSSR count). The van der Waals surface area contributed by atoms with E-state index in [1.165, 1.54) is 23.5 Å². The van der Waals surface area contributed by atoms with Gasteiger partial charge in [0, 0.05) is 11.5 Å². The first-order valence-electron chi connectivity index (χ1n) is 3.64. The van der Waals surface area contributed by atoms with Crippen molar-refractivity contribution in [3.63, 3.8) is 0 Å². The van der Waals surface area contributed by atoms with Crippen LogP contribution in [0.1, 0.15) is 0 Å². The summed E-state index contributed by atoms with van der Waals surface area (Å²) >= 11 is 13.5. The van der Waals surface area contributed by atoms with Crippen LogP contribution in [0.2, 0.25) is 0 Å². The Balaban J connectivity index is 2.94. The van der Waals surface area contributed by atoms with Crippen molar-refractivity contribution in [3.8, 4) is 0 Å². The van der Waals surface area contributed by atoms with Gasteiger partial charge in [-0.2, -0.15) is 0 Å². The van der Waals surface area contributed by atoms with E-state index >= 15 is 0 Å². The van der Waals surface area contributed by atoms with Gasteiger partial charge in [0.2, 0.25) is 0 Å². The minimum absolute atomic E-state index is 0.285. The molecule has 1 aliphatic heterocycles. The summed E-state index contributed by atoms with van der Waals surface area (Å²) in [5.74, 6) is 1.61. The quantitative estimate of drug-likeness (QED) is 0.485. The summed E-state index contributed by atoms with van der Waals surface area (Å²) in [5, 5.41) is 20.1. The molecule has 0 aromatic rings. The minimum atomic E-state index is -1.43. The van der Waals surface area contributed by atoms with Gasteiger partial charge < -0.3 is 5.11 Å². The third-order valence-corrected chi connectivity index (χ3v) is 4.68. The van der Waals surface area contributed by atoms with Gasteiger partial charge in [0.15, 0.2) is 6.10 Å². The summed E-state index contributed by atoms with van der Waals surface area (Å²) in [7, 11) is 0. The highest BCUT2D eigenvalue weighted by atomic mass is 35.5. The average molecular weight is 276 g/mol. The number of nitro groups is 1. The van der Waals surface area contributed by atoms with E-state index in [-0.39, 0.29) is 5.70 Å². The fraction of sp³-hybridized carbons (Fsp3) is 0.667. The molecular weight excluding hydrogens is 269 g/mol. The van der Waals surface area contributed by atoms with E-state index in [9.17, 15) is 15.2 Å². The van der Waals surface area contributed by atoms with E-state index in [4.69, 9.17) is 23.2 Å². The summed E-state index contributed by atoms with van der Waals surface area (Å²) in [6, 6.07) is 0. The van der Waals surface area contributed by atoms with Crippen LogP contribution in [-0.4, -0.2) is 32.5 Å². The molecule has 0 aromatic heterocycles. The van der Waals surface area contributed by atoms with Crippen LogP contribution in [0, 0.1) is 10.1 Å². The Morgan fingerprint density at radius 2 is 2.00 bits per heavy atom. The van der Waals surface area contributed by atoms with Crippen LogP contribution in [0.15, 0.2) is 9.93 Å². The lowest BCUT2D eigenvalue weighted by molar-refractivity contribution is -0.435. The molecule has 0 bridgehead atoms. The molecule has 1 unspecified atom stereocenters. The number of hydrogen-bond acceptors (Lipinski definition) is 5. The van der Waals surface area contributed by atoms with Crippen LogP contribution in [0.3, 0.4) is 0 Å². The first-order valence-corrected chi connectivity index (χ1v) is 6.49. The van der Waals surface area contributed by atoms with Crippen LogP contribution in [-0.2, 0) is 0 Å². The standard InChI is InChI=1S/C6H7Cl2NO3S2/c7-5(8)4(10)3(9(11)12)6-13-1-2-14-6/h4-5,10H,1-2H2. The lowest BCUT2D eigenvalue weighted by atomic mass is 10.3. The molecular formula is C6H7Cl2NO3S2. The Labute approximate surface area is 99.2 Å². The summed E-state index contributed by atoms with van der Waals surface area (Å²) in [6.45, 7) is 0. The van der Waals surface area contributed by atoms with Gasteiger partial charge in [-0.15, -0.1) is 46.7 Å². The second-order valence-corrected chi connectivity index (χ2v) is 6.04. The molecule has 1 saturated heterocycles. The van der Waals surface area contributed by atoms with Crippen molar-refractivity contribution < 1.29 is 10.0 Å². The lowest BCUT2D eigenvalue weighted by Crippen LogP contribution is -2.24. The van der Waals surface area contributed by atoms with E-state index in [0.29, 0.717) is 4.24 Å². The van der Waals surface area contributed by atoms with Crippen LogP contribution >= 0.6 is 46.7 Å². The van der Waals surface area contributed by atoms with Crippen LogP contribution < -0.4 is 0 Å². The highest BCUT2D eigenvalue weighted by Gasteiger charge is 2.34. The molecule has 8 heteroatoms. The molecule has 80 valence electrons. The summed E-state index contributed by atoms with van der Waals surface area (Å²) < 4.78 is 0.508. The predicted octanol–water partition coefficient (Wildman–Crippen LogP) is 2.08. The summed E-state index contributed by atoms with van der Waals surface area (Å²) in [5.41, 5.74) is -0.285. The fourth-order valence-corrected chi connectivity index (χ4v) is 3.68. The largest absolute Gasteiger partial charge is 0.379 e. The van der Waals surface area contributed by atoms with Gasteiger partial charge in [0.25, 0.3) is 5.70 Å².